The van der Waals surface area contributed by atoms with Crippen molar-refractivity contribution in [3.05, 3.63) is 188 Å². The Kier molecular flexibility index (Phi) is 7.06. The SMILES string of the molecule is CN(c1ccccc1)c1ccc(-c2ccc(-c3ccc4c(c3)c3c5ccccc5ccc3n4-c3ccc(-c4ccccc4)cc3)cc2)cc1. The van der Waals surface area contributed by atoms with Gasteiger partial charge in [-0.2, -0.15) is 0 Å². The van der Waals surface area contributed by atoms with Gasteiger partial charge in [0.1, 0.15) is 0 Å². The normalized spacial score (nSPS) is 11.4. The van der Waals surface area contributed by atoms with Gasteiger partial charge in [0.05, 0.1) is 11.0 Å². The van der Waals surface area contributed by atoms with E-state index >= 15 is 0 Å². The number of rotatable bonds is 6. The summed E-state index contributed by atoms with van der Waals surface area (Å²) in [5.74, 6) is 0. The van der Waals surface area contributed by atoms with Gasteiger partial charge in [-0.3, -0.25) is 0 Å². The topological polar surface area (TPSA) is 8.17 Å². The summed E-state index contributed by atoms with van der Waals surface area (Å²) in [6.45, 7) is 0. The molecule has 8 aromatic carbocycles. The summed E-state index contributed by atoms with van der Waals surface area (Å²) < 4.78 is 2.41. The van der Waals surface area contributed by atoms with E-state index in [4.69, 9.17) is 0 Å². The molecular weight excluding hydrogens is 593 g/mol. The molecule has 0 aliphatic heterocycles. The van der Waals surface area contributed by atoms with E-state index in [1.165, 1.54) is 77.3 Å². The summed E-state index contributed by atoms with van der Waals surface area (Å²) in [6.07, 6.45) is 0. The standard InChI is InChI=1S/C47H34N2/c1-48(40-13-6-3-7-14-40)41-26-20-36(21-27-41)34-16-18-37(19-17-34)39-25-30-45-44(32-39)47-43-15-9-8-12-38(43)24-31-46(47)49(45)42-28-22-35(23-29-42)33-10-4-2-5-11-33/h2-32H,1H3. The van der Waals surface area contributed by atoms with Crippen molar-refractivity contribution in [3.63, 3.8) is 0 Å². The van der Waals surface area contributed by atoms with E-state index < -0.39 is 0 Å². The van der Waals surface area contributed by atoms with Crippen LogP contribution in [0.5, 0.6) is 0 Å². The Hall–Kier alpha value is -6.38. The Morgan fingerprint density at radius 3 is 1.55 bits per heavy atom. The number of nitrogens with zero attached hydrogens (tertiary/aromatic N) is 2. The second-order valence-corrected chi connectivity index (χ2v) is 12.7. The quantitative estimate of drug-likeness (QED) is 0.178. The van der Waals surface area contributed by atoms with Crippen LogP contribution in [0.1, 0.15) is 0 Å². The maximum absolute atomic E-state index is 2.41. The number of hydrogen-bond donors (Lipinski definition) is 0. The zero-order chi connectivity index (χ0) is 32.7. The fourth-order valence-corrected chi connectivity index (χ4v) is 7.22. The Labute approximate surface area is 286 Å². The molecule has 2 heteroatoms. The Morgan fingerprint density at radius 2 is 0.857 bits per heavy atom. The highest BCUT2D eigenvalue weighted by Crippen LogP contribution is 2.39. The third-order valence-electron chi connectivity index (χ3n) is 9.84. The van der Waals surface area contributed by atoms with E-state index in [1.807, 2.05) is 0 Å². The van der Waals surface area contributed by atoms with Gasteiger partial charge in [-0.15, -0.1) is 0 Å². The van der Waals surface area contributed by atoms with Gasteiger partial charge in [0.15, 0.2) is 0 Å². The van der Waals surface area contributed by atoms with Crippen molar-refractivity contribution in [3.8, 4) is 39.1 Å². The molecule has 0 radical (unpaired) electrons. The minimum atomic E-state index is 1.16. The maximum Gasteiger partial charge on any atom is 0.0547 e. The first-order valence-corrected chi connectivity index (χ1v) is 16.8. The minimum absolute atomic E-state index is 1.16. The lowest BCUT2D eigenvalue weighted by molar-refractivity contribution is 1.18. The zero-order valence-electron chi connectivity index (χ0n) is 27.3. The first kappa shape index (κ1) is 28.8. The van der Waals surface area contributed by atoms with Crippen LogP contribution in [-0.2, 0) is 0 Å². The zero-order valence-corrected chi connectivity index (χ0v) is 27.3. The highest BCUT2D eigenvalue weighted by atomic mass is 15.1. The molecular formula is C47H34N2. The summed E-state index contributed by atoms with van der Waals surface area (Å²) in [6, 6.07) is 68.0. The summed E-state index contributed by atoms with van der Waals surface area (Å²) in [4.78, 5) is 2.21. The molecule has 0 spiro atoms. The molecule has 0 bridgehead atoms. The highest BCUT2D eigenvalue weighted by molar-refractivity contribution is 6.21. The highest BCUT2D eigenvalue weighted by Gasteiger charge is 2.16. The van der Waals surface area contributed by atoms with Gasteiger partial charge in [-0.1, -0.05) is 133 Å². The molecule has 1 heterocycles. The summed E-state index contributed by atoms with van der Waals surface area (Å²) in [5, 5.41) is 5.08. The lowest BCUT2D eigenvalue weighted by Crippen LogP contribution is -2.08. The van der Waals surface area contributed by atoms with Gasteiger partial charge in [0.2, 0.25) is 0 Å². The molecule has 0 saturated carbocycles. The predicted molar refractivity (Wildman–Crippen MR) is 209 cm³/mol. The predicted octanol–water partition coefficient (Wildman–Crippen LogP) is 12.7. The Balaban J connectivity index is 1.10. The van der Waals surface area contributed by atoms with Crippen molar-refractivity contribution in [2.24, 2.45) is 0 Å². The summed E-state index contributed by atoms with van der Waals surface area (Å²) in [5.41, 5.74) is 13.2. The van der Waals surface area contributed by atoms with E-state index in [1.54, 1.807) is 0 Å². The largest absolute Gasteiger partial charge is 0.345 e. The van der Waals surface area contributed by atoms with Crippen molar-refractivity contribution < 1.29 is 0 Å². The number of fused-ring (bicyclic) bond motifs is 5. The third-order valence-corrected chi connectivity index (χ3v) is 9.84. The van der Waals surface area contributed by atoms with Crippen LogP contribution in [0, 0.1) is 0 Å². The molecule has 0 saturated heterocycles. The van der Waals surface area contributed by atoms with Crippen LogP contribution < -0.4 is 4.90 Å². The molecule has 0 atom stereocenters. The van der Waals surface area contributed by atoms with E-state index in [0.717, 1.165) is 5.69 Å². The van der Waals surface area contributed by atoms with Crippen LogP contribution in [-0.4, -0.2) is 11.6 Å². The summed E-state index contributed by atoms with van der Waals surface area (Å²) >= 11 is 0. The molecule has 232 valence electrons. The van der Waals surface area contributed by atoms with Crippen molar-refractivity contribution in [2.75, 3.05) is 11.9 Å². The molecule has 0 aliphatic carbocycles. The second-order valence-electron chi connectivity index (χ2n) is 12.7. The van der Waals surface area contributed by atoms with Crippen LogP contribution in [0.2, 0.25) is 0 Å². The number of anilines is 2. The minimum Gasteiger partial charge on any atom is -0.345 e. The first-order chi connectivity index (χ1) is 24.2. The second kappa shape index (κ2) is 12.0. The lowest BCUT2D eigenvalue weighted by Gasteiger charge is -2.19. The van der Waals surface area contributed by atoms with Crippen LogP contribution in [0.15, 0.2) is 188 Å². The molecule has 0 aliphatic rings. The van der Waals surface area contributed by atoms with E-state index in [2.05, 4.69) is 205 Å². The molecule has 49 heavy (non-hydrogen) atoms. The average molecular weight is 627 g/mol. The van der Waals surface area contributed by atoms with Crippen LogP contribution in [0.3, 0.4) is 0 Å². The Bertz CT molecular complexity index is 2560. The van der Waals surface area contributed by atoms with Crippen LogP contribution >= 0.6 is 0 Å². The lowest BCUT2D eigenvalue weighted by atomic mass is 9.98. The van der Waals surface area contributed by atoms with Crippen molar-refractivity contribution in [1.82, 2.24) is 4.57 Å². The van der Waals surface area contributed by atoms with Crippen molar-refractivity contribution in [1.29, 1.82) is 0 Å². The molecule has 9 rings (SSSR count). The van der Waals surface area contributed by atoms with E-state index in [0.29, 0.717) is 0 Å². The Morgan fingerprint density at radius 1 is 0.367 bits per heavy atom. The molecule has 1 aromatic heterocycles. The van der Waals surface area contributed by atoms with Crippen molar-refractivity contribution in [2.45, 2.75) is 0 Å². The molecule has 0 fully saturated rings. The summed E-state index contributed by atoms with van der Waals surface area (Å²) in [7, 11) is 2.11. The third kappa shape index (κ3) is 5.15. The fraction of sp³-hybridized carbons (Fsp3) is 0.0213. The molecule has 0 N–H and O–H groups in total. The number of benzene rings is 8. The van der Waals surface area contributed by atoms with Gasteiger partial charge in [0.25, 0.3) is 0 Å². The van der Waals surface area contributed by atoms with Crippen molar-refractivity contribution >= 4 is 44.0 Å². The fourth-order valence-electron chi connectivity index (χ4n) is 7.22. The van der Waals surface area contributed by atoms with Gasteiger partial charge in [0, 0.05) is 34.9 Å². The first-order valence-electron chi connectivity index (χ1n) is 16.8. The smallest absolute Gasteiger partial charge is 0.0547 e. The molecule has 2 nitrogen and oxygen atoms in total. The van der Waals surface area contributed by atoms with Gasteiger partial charge >= 0.3 is 0 Å². The number of hydrogen-bond acceptors (Lipinski definition) is 1. The van der Waals surface area contributed by atoms with E-state index in [-0.39, 0.29) is 0 Å². The molecule has 9 aromatic rings. The maximum atomic E-state index is 2.41. The molecule has 0 unspecified atom stereocenters. The van der Waals surface area contributed by atoms with E-state index in [9.17, 15) is 0 Å². The van der Waals surface area contributed by atoms with Gasteiger partial charge < -0.3 is 9.47 Å². The number of aromatic nitrogens is 1. The number of para-hydroxylation sites is 1. The average Bonchev–Trinajstić information content (AvgIpc) is 3.53. The van der Waals surface area contributed by atoms with Crippen LogP contribution in [0.4, 0.5) is 11.4 Å². The van der Waals surface area contributed by atoms with Gasteiger partial charge in [-0.25, -0.2) is 0 Å². The molecule has 0 amide bonds. The monoisotopic (exact) mass is 626 g/mol. The van der Waals surface area contributed by atoms with Crippen LogP contribution in [0.25, 0.3) is 71.6 Å². The van der Waals surface area contributed by atoms with Gasteiger partial charge in [-0.05, 0) is 98.8 Å².